The van der Waals surface area contributed by atoms with Crippen LogP contribution in [0.2, 0.25) is 0 Å². The molecule has 1 aliphatic rings. The lowest BCUT2D eigenvalue weighted by atomic mass is 10.0. The monoisotopic (exact) mass is 155 g/mol. The molecule has 0 radical (unpaired) electrons. The zero-order valence-corrected chi connectivity index (χ0v) is 8.14. The summed E-state index contributed by atoms with van der Waals surface area (Å²) >= 11 is 0. The Morgan fingerprint density at radius 3 is 2.55 bits per heavy atom. The molecular weight excluding hydrogens is 134 g/mol. The van der Waals surface area contributed by atoms with Crippen molar-refractivity contribution in [2.75, 3.05) is 13.1 Å². The molecule has 1 aliphatic heterocycles. The summed E-state index contributed by atoms with van der Waals surface area (Å²) in [5.41, 5.74) is 0. The van der Waals surface area contributed by atoms with Crippen molar-refractivity contribution in [1.29, 1.82) is 0 Å². The molecule has 1 rings (SSSR count). The van der Waals surface area contributed by atoms with Crippen molar-refractivity contribution in [1.82, 2.24) is 4.90 Å². The number of hydrogen-bond donors (Lipinski definition) is 0. The van der Waals surface area contributed by atoms with E-state index < -0.39 is 0 Å². The predicted molar refractivity (Wildman–Crippen MR) is 49.7 cm³/mol. The number of rotatable bonds is 4. The average Bonchev–Trinajstić information content (AvgIpc) is 1.94. The Morgan fingerprint density at radius 2 is 2.18 bits per heavy atom. The van der Waals surface area contributed by atoms with E-state index in [4.69, 9.17) is 0 Å². The van der Waals surface area contributed by atoms with Gasteiger partial charge in [-0.2, -0.15) is 0 Å². The molecule has 0 saturated carbocycles. The summed E-state index contributed by atoms with van der Waals surface area (Å²) in [5, 5.41) is 0. The van der Waals surface area contributed by atoms with Crippen molar-refractivity contribution < 1.29 is 0 Å². The van der Waals surface area contributed by atoms with E-state index in [1.54, 1.807) is 0 Å². The summed E-state index contributed by atoms with van der Waals surface area (Å²) < 4.78 is 0. The Balaban J connectivity index is 1.95. The minimum absolute atomic E-state index is 0.877. The zero-order valence-electron chi connectivity index (χ0n) is 8.14. The molecule has 11 heavy (non-hydrogen) atoms. The summed E-state index contributed by atoms with van der Waals surface area (Å²) in [5.74, 6) is 0.881. The molecular formula is C10H21N. The molecule has 0 spiro atoms. The Labute approximate surface area is 70.8 Å². The van der Waals surface area contributed by atoms with Gasteiger partial charge < -0.3 is 4.90 Å². The highest BCUT2D eigenvalue weighted by Crippen LogP contribution is 2.17. The van der Waals surface area contributed by atoms with Gasteiger partial charge in [0.15, 0.2) is 0 Å². The van der Waals surface area contributed by atoms with Crippen LogP contribution >= 0.6 is 0 Å². The van der Waals surface area contributed by atoms with Gasteiger partial charge in [-0.15, -0.1) is 0 Å². The highest BCUT2D eigenvalue weighted by molar-refractivity contribution is 4.77. The SMILES string of the molecule is CC(C)CCCN1CC[C@H]1C. The Kier molecular flexibility index (Phi) is 3.38. The Bertz CT molecular complexity index is 109. The Hall–Kier alpha value is -0.0400. The molecule has 1 heteroatoms. The average molecular weight is 155 g/mol. The van der Waals surface area contributed by atoms with Crippen molar-refractivity contribution in [3.63, 3.8) is 0 Å². The number of hydrogen-bond acceptors (Lipinski definition) is 1. The van der Waals surface area contributed by atoms with Crippen LogP contribution in [0.4, 0.5) is 0 Å². The molecule has 0 aromatic carbocycles. The first kappa shape index (κ1) is 9.05. The molecule has 0 aliphatic carbocycles. The largest absolute Gasteiger partial charge is 0.301 e. The molecule has 1 heterocycles. The van der Waals surface area contributed by atoms with Crippen LogP contribution in [0.5, 0.6) is 0 Å². The fraction of sp³-hybridized carbons (Fsp3) is 1.00. The molecule has 1 nitrogen and oxygen atoms in total. The lowest BCUT2D eigenvalue weighted by Gasteiger charge is -2.38. The standard InChI is InChI=1S/C10H21N/c1-9(2)5-4-7-11-8-6-10(11)3/h9-10H,4-8H2,1-3H3/t10-/m1/s1. The molecule has 0 aromatic rings. The van der Waals surface area contributed by atoms with Gasteiger partial charge in [0.25, 0.3) is 0 Å². The fourth-order valence-electron chi connectivity index (χ4n) is 1.60. The summed E-state index contributed by atoms with van der Waals surface area (Å²) in [6.45, 7) is 9.62. The van der Waals surface area contributed by atoms with E-state index in [9.17, 15) is 0 Å². The van der Waals surface area contributed by atoms with Gasteiger partial charge in [0.2, 0.25) is 0 Å². The van der Waals surface area contributed by atoms with Crippen molar-refractivity contribution in [3.05, 3.63) is 0 Å². The van der Waals surface area contributed by atoms with Crippen LogP contribution in [0.1, 0.15) is 40.0 Å². The summed E-state index contributed by atoms with van der Waals surface area (Å²) in [6.07, 6.45) is 4.20. The van der Waals surface area contributed by atoms with Gasteiger partial charge in [-0.3, -0.25) is 0 Å². The maximum atomic E-state index is 2.59. The van der Waals surface area contributed by atoms with Crippen molar-refractivity contribution in [3.8, 4) is 0 Å². The highest BCUT2D eigenvalue weighted by atomic mass is 15.2. The minimum Gasteiger partial charge on any atom is -0.301 e. The third kappa shape index (κ3) is 2.82. The van der Waals surface area contributed by atoms with Gasteiger partial charge in [-0.25, -0.2) is 0 Å². The van der Waals surface area contributed by atoms with Gasteiger partial charge in [-0.1, -0.05) is 13.8 Å². The quantitative estimate of drug-likeness (QED) is 0.603. The second kappa shape index (κ2) is 4.10. The van der Waals surface area contributed by atoms with Crippen LogP contribution in [0.15, 0.2) is 0 Å². The molecule has 1 saturated heterocycles. The van der Waals surface area contributed by atoms with Gasteiger partial charge in [0.1, 0.15) is 0 Å². The highest BCUT2D eigenvalue weighted by Gasteiger charge is 2.21. The van der Waals surface area contributed by atoms with E-state index >= 15 is 0 Å². The fourth-order valence-corrected chi connectivity index (χ4v) is 1.60. The summed E-state index contributed by atoms with van der Waals surface area (Å²) in [6, 6.07) is 0.877. The van der Waals surface area contributed by atoms with Crippen LogP contribution in [0.3, 0.4) is 0 Å². The van der Waals surface area contributed by atoms with E-state index in [0.29, 0.717) is 0 Å². The van der Waals surface area contributed by atoms with E-state index in [0.717, 1.165) is 12.0 Å². The normalized spacial score (nSPS) is 25.6. The van der Waals surface area contributed by atoms with Crippen LogP contribution in [-0.4, -0.2) is 24.0 Å². The van der Waals surface area contributed by atoms with Crippen LogP contribution in [0.25, 0.3) is 0 Å². The second-order valence-electron chi connectivity index (χ2n) is 4.21. The van der Waals surface area contributed by atoms with E-state index in [2.05, 4.69) is 25.7 Å². The summed E-state index contributed by atoms with van der Waals surface area (Å²) in [4.78, 5) is 2.59. The lowest BCUT2D eigenvalue weighted by Crippen LogP contribution is -2.45. The lowest BCUT2D eigenvalue weighted by molar-refractivity contribution is 0.101. The molecule has 1 fully saturated rings. The molecule has 66 valence electrons. The second-order valence-corrected chi connectivity index (χ2v) is 4.21. The third-order valence-electron chi connectivity index (χ3n) is 2.68. The first-order valence-corrected chi connectivity index (χ1v) is 4.94. The molecule has 0 bridgehead atoms. The number of nitrogens with zero attached hydrogens (tertiary/aromatic N) is 1. The van der Waals surface area contributed by atoms with Gasteiger partial charge >= 0.3 is 0 Å². The van der Waals surface area contributed by atoms with Gasteiger partial charge in [-0.05, 0) is 45.2 Å². The van der Waals surface area contributed by atoms with E-state index in [1.807, 2.05) is 0 Å². The molecule has 0 amide bonds. The van der Waals surface area contributed by atoms with Crippen LogP contribution in [0, 0.1) is 5.92 Å². The molecule has 0 aromatic heterocycles. The van der Waals surface area contributed by atoms with Crippen molar-refractivity contribution in [2.24, 2.45) is 5.92 Å². The van der Waals surface area contributed by atoms with Crippen LogP contribution in [-0.2, 0) is 0 Å². The van der Waals surface area contributed by atoms with Crippen molar-refractivity contribution in [2.45, 2.75) is 46.1 Å². The van der Waals surface area contributed by atoms with Crippen LogP contribution < -0.4 is 0 Å². The van der Waals surface area contributed by atoms with Gasteiger partial charge in [0, 0.05) is 6.04 Å². The van der Waals surface area contributed by atoms with E-state index in [-0.39, 0.29) is 0 Å². The smallest absolute Gasteiger partial charge is 0.00791 e. The van der Waals surface area contributed by atoms with E-state index in [1.165, 1.54) is 32.4 Å². The maximum absolute atomic E-state index is 2.59. The zero-order chi connectivity index (χ0) is 8.27. The topological polar surface area (TPSA) is 3.24 Å². The summed E-state index contributed by atoms with van der Waals surface area (Å²) in [7, 11) is 0. The molecule has 0 unspecified atom stereocenters. The number of likely N-dealkylation sites (tertiary alicyclic amines) is 1. The third-order valence-corrected chi connectivity index (χ3v) is 2.68. The molecule has 1 atom stereocenters. The van der Waals surface area contributed by atoms with Gasteiger partial charge in [0.05, 0.1) is 0 Å². The Morgan fingerprint density at radius 1 is 1.45 bits per heavy atom. The predicted octanol–water partition coefficient (Wildman–Crippen LogP) is 2.52. The minimum atomic E-state index is 0.877. The first-order valence-electron chi connectivity index (χ1n) is 4.94. The molecule has 0 N–H and O–H groups in total. The maximum Gasteiger partial charge on any atom is 0.00791 e. The first-order chi connectivity index (χ1) is 5.20. The van der Waals surface area contributed by atoms with Crippen molar-refractivity contribution >= 4 is 0 Å².